The Morgan fingerprint density at radius 3 is 2.79 bits per heavy atom. The summed E-state index contributed by atoms with van der Waals surface area (Å²) < 4.78 is 13.4. The zero-order valence-electron chi connectivity index (χ0n) is 14.5. The molecule has 0 saturated heterocycles. The first-order valence-electron chi connectivity index (χ1n) is 8.17. The van der Waals surface area contributed by atoms with Crippen LogP contribution < -0.4 is 14.8 Å². The number of nitrogens with one attached hydrogen (secondary N) is 1. The highest BCUT2D eigenvalue weighted by Crippen LogP contribution is 2.40. The molecular formula is C18H23N3O3. The van der Waals surface area contributed by atoms with Gasteiger partial charge in [0.05, 0.1) is 0 Å². The van der Waals surface area contributed by atoms with Crippen LogP contribution in [0.15, 0.2) is 30.6 Å². The minimum Gasteiger partial charge on any atom is -0.449 e. The van der Waals surface area contributed by atoms with Crippen LogP contribution in [-0.2, 0) is 11.3 Å². The number of carbonyl (C=O) groups excluding carboxylic acids is 1. The smallest absolute Gasteiger partial charge is 0.246 e. The van der Waals surface area contributed by atoms with Gasteiger partial charge in [0, 0.05) is 56.9 Å². The Bertz CT molecular complexity index is 750. The van der Waals surface area contributed by atoms with Gasteiger partial charge in [0.15, 0.2) is 11.5 Å². The Balaban J connectivity index is 1.59. The van der Waals surface area contributed by atoms with E-state index in [4.69, 9.17) is 9.47 Å². The quantitative estimate of drug-likeness (QED) is 0.911. The van der Waals surface area contributed by atoms with E-state index in [2.05, 4.69) is 24.1 Å². The molecule has 3 rings (SSSR count). The minimum atomic E-state index is -0.667. The van der Waals surface area contributed by atoms with E-state index in [9.17, 15) is 4.79 Å². The maximum atomic E-state index is 12.2. The molecule has 1 N–H and O–H groups in total. The Morgan fingerprint density at radius 2 is 2.04 bits per heavy atom. The molecule has 6 nitrogen and oxygen atoms in total. The van der Waals surface area contributed by atoms with Gasteiger partial charge in [-0.05, 0) is 12.1 Å². The van der Waals surface area contributed by atoms with E-state index < -0.39 is 5.79 Å². The van der Waals surface area contributed by atoms with Gasteiger partial charge in [-0.3, -0.25) is 4.79 Å². The number of hydrogen-bond acceptors (Lipinski definition) is 4. The normalized spacial score (nSPS) is 14.9. The highest BCUT2D eigenvalue weighted by atomic mass is 16.7. The number of benzene rings is 1. The van der Waals surface area contributed by atoms with Crippen molar-refractivity contribution in [2.24, 2.45) is 0 Å². The Kier molecular flexibility index (Phi) is 4.22. The zero-order valence-corrected chi connectivity index (χ0v) is 14.5. The van der Waals surface area contributed by atoms with E-state index in [1.807, 2.05) is 36.7 Å². The summed E-state index contributed by atoms with van der Waals surface area (Å²) in [6.07, 6.45) is 4.06. The lowest BCUT2D eigenvalue weighted by atomic mass is 10.2. The Hall–Kier alpha value is -2.50. The molecule has 0 spiro atoms. The molecule has 0 fully saturated rings. The second kappa shape index (κ2) is 6.19. The SMILES string of the molecule is CC(C)c1nccn1CCC(=O)Nc1ccc2c(c1)OC(C)(C)O2. The summed E-state index contributed by atoms with van der Waals surface area (Å²) in [7, 11) is 0. The van der Waals surface area contributed by atoms with Crippen LogP contribution in [0.3, 0.4) is 0 Å². The van der Waals surface area contributed by atoms with Gasteiger partial charge in [0.2, 0.25) is 11.7 Å². The van der Waals surface area contributed by atoms with E-state index in [-0.39, 0.29) is 5.91 Å². The fourth-order valence-electron chi connectivity index (χ4n) is 2.76. The van der Waals surface area contributed by atoms with E-state index in [1.165, 1.54) is 0 Å². The van der Waals surface area contributed by atoms with E-state index in [1.54, 1.807) is 12.3 Å². The van der Waals surface area contributed by atoms with Crippen LogP contribution in [0, 0.1) is 0 Å². The topological polar surface area (TPSA) is 65.4 Å². The number of fused-ring (bicyclic) bond motifs is 1. The van der Waals surface area contributed by atoms with Gasteiger partial charge in [-0.15, -0.1) is 0 Å². The van der Waals surface area contributed by atoms with Crippen LogP contribution >= 0.6 is 0 Å². The molecule has 0 unspecified atom stereocenters. The molecule has 1 aromatic heterocycles. The molecule has 0 saturated carbocycles. The molecule has 0 aliphatic carbocycles. The fourth-order valence-corrected chi connectivity index (χ4v) is 2.76. The Labute approximate surface area is 141 Å². The first-order valence-corrected chi connectivity index (χ1v) is 8.17. The molecule has 128 valence electrons. The first kappa shape index (κ1) is 16.4. The van der Waals surface area contributed by atoms with E-state index >= 15 is 0 Å². The van der Waals surface area contributed by atoms with Crippen LogP contribution in [0.1, 0.15) is 45.9 Å². The van der Waals surface area contributed by atoms with Gasteiger partial charge in [-0.2, -0.15) is 0 Å². The third-order valence-corrected chi connectivity index (χ3v) is 3.78. The van der Waals surface area contributed by atoms with E-state index in [0.717, 1.165) is 5.82 Å². The van der Waals surface area contributed by atoms with Crippen molar-refractivity contribution in [3.05, 3.63) is 36.4 Å². The van der Waals surface area contributed by atoms with Crippen molar-refractivity contribution in [1.82, 2.24) is 9.55 Å². The molecule has 1 aliphatic heterocycles. The summed E-state index contributed by atoms with van der Waals surface area (Å²) in [4.78, 5) is 16.5. The van der Waals surface area contributed by atoms with Crippen LogP contribution in [0.4, 0.5) is 5.69 Å². The van der Waals surface area contributed by atoms with Crippen molar-refractivity contribution < 1.29 is 14.3 Å². The number of nitrogens with zero attached hydrogens (tertiary/aromatic N) is 2. The highest BCUT2D eigenvalue weighted by Gasteiger charge is 2.31. The number of amides is 1. The number of carbonyl (C=O) groups is 1. The summed E-state index contributed by atoms with van der Waals surface area (Å²) >= 11 is 0. The average molecular weight is 329 g/mol. The number of imidazole rings is 1. The molecular weight excluding hydrogens is 306 g/mol. The maximum absolute atomic E-state index is 12.2. The van der Waals surface area contributed by atoms with Gasteiger partial charge in [-0.1, -0.05) is 13.8 Å². The molecule has 2 aromatic rings. The number of aromatic nitrogens is 2. The number of ether oxygens (including phenoxy) is 2. The van der Waals surface area contributed by atoms with Crippen molar-refractivity contribution in [2.75, 3.05) is 5.32 Å². The predicted molar refractivity (Wildman–Crippen MR) is 91.3 cm³/mol. The summed E-state index contributed by atoms with van der Waals surface area (Å²) in [5, 5.41) is 2.90. The lowest BCUT2D eigenvalue weighted by Crippen LogP contribution is -2.29. The Morgan fingerprint density at radius 1 is 1.29 bits per heavy atom. The second-order valence-electron chi connectivity index (χ2n) is 6.70. The van der Waals surface area contributed by atoms with Crippen molar-refractivity contribution >= 4 is 11.6 Å². The molecule has 0 radical (unpaired) electrons. The number of hydrogen-bond donors (Lipinski definition) is 1. The van der Waals surface area contributed by atoms with Gasteiger partial charge < -0.3 is 19.4 Å². The predicted octanol–water partition coefficient (Wildman–Crippen LogP) is 3.54. The molecule has 2 heterocycles. The number of aryl methyl sites for hydroxylation is 1. The summed E-state index contributed by atoms with van der Waals surface area (Å²) in [5.74, 6) is 1.96. The third-order valence-electron chi connectivity index (χ3n) is 3.78. The summed E-state index contributed by atoms with van der Waals surface area (Å²) in [5.41, 5.74) is 0.703. The van der Waals surface area contributed by atoms with Crippen molar-refractivity contribution in [3.8, 4) is 11.5 Å². The molecule has 0 bridgehead atoms. The first-order chi connectivity index (χ1) is 11.3. The van der Waals surface area contributed by atoms with Crippen molar-refractivity contribution in [3.63, 3.8) is 0 Å². The molecule has 24 heavy (non-hydrogen) atoms. The van der Waals surface area contributed by atoms with Crippen molar-refractivity contribution in [2.45, 2.75) is 52.4 Å². The monoisotopic (exact) mass is 329 g/mol. The lowest BCUT2D eigenvalue weighted by molar-refractivity contribution is -0.116. The zero-order chi connectivity index (χ0) is 17.3. The number of rotatable bonds is 5. The molecule has 6 heteroatoms. The van der Waals surface area contributed by atoms with Gasteiger partial charge >= 0.3 is 0 Å². The second-order valence-corrected chi connectivity index (χ2v) is 6.70. The standard InChI is InChI=1S/C18H23N3O3/c1-12(2)17-19-8-10-21(17)9-7-16(22)20-13-5-6-14-15(11-13)24-18(3,4)23-14/h5-6,8,10-12H,7,9H2,1-4H3,(H,20,22). The maximum Gasteiger partial charge on any atom is 0.246 e. The fraction of sp³-hybridized carbons (Fsp3) is 0.444. The van der Waals surface area contributed by atoms with E-state index in [0.29, 0.717) is 36.1 Å². The highest BCUT2D eigenvalue weighted by molar-refractivity contribution is 5.91. The summed E-state index contributed by atoms with van der Waals surface area (Å²) in [6.45, 7) is 8.49. The number of anilines is 1. The van der Waals surface area contributed by atoms with Crippen LogP contribution in [0.5, 0.6) is 11.5 Å². The van der Waals surface area contributed by atoms with Gasteiger partial charge in [-0.25, -0.2) is 4.98 Å². The lowest BCUT2D eigenvalue weighted by Gasteiger charge is -2.16. The van der Waals surface area contributed by atoms with Crippen molar-refractivity contribution in [1.29, 1.82) is 0 Å². The molecule has 0 atom stereocenters. The minimum absolute atomic E-state index is 0.0449. The largest absolute Gasteiger partial charge is 0.449 e. The molecule has 1 aromatic carbocycles. The van der Waals surface area contributed by atoms with Gasteiger partial charge in [0.25, 0.3) is 0 Å². The third kappa shape index (κ3) is 3.53. The summed E-state index contributed by atoms with van der Waals surface area (Å²) in [6, 6.07) is 5.42. The molecule has 1 aliphatic rings. The molecule has 1 amide bonds. The van der Waals surface area contributed by atoms with Crippen LogP contribution in [-0.4, -0.2) is 21.2 Å². The van der Waals surface area contributed by atoms with Crippen LogP contribution in [0.25, 0.3) is 0 Å². The average Bonchev–Trinajstić information content (AvgIpc) is 3.07. The van der Waals surface area contributed by atoms with Crippen LogP contribution in [0.2, 0.25) is 0 Å². The van der Waals surface area contributed by atoms with Gasteiger partial charge in [0.1, 0.15) is 5.82 Å².